The molecule has 5 aromatic rings. The molecule has 0 aliphatic carbocycles. The van der Waals surface area contributed by atoms with Crippen molar-refractivity contribution in [3.05, 3.63) is 126 Å². The van der Waals surface area contributed by atoms with Gasteiger partial charge in [0, 0.05) is 6.42 Å². The second-order valence-corrected chi connectivity index (χ2v) is 8.85. The summed E-state index contributed by atoms with van der Waals surface area (Å²) in [5.41, 5.74) is 2.27. The molecule has 0 spiro atoms. The molecule has 2 aromatic heterocycles. The van der Waals surface area contributed by atoms with Crippen LogP contribution >= 0.6 is 11.3 Å². The minimum absolute atomic E-state index is 0.217. The summed E-state index contributed by atoms with van der Waals surface area (Å²) < 4.78 is 12.6. The first-order chi connectivity index (χ1) is 17.1. The van der Waals surface area contributed by atoms with E-state index in [0.29, 0.717) is 11.1 Å². The molecular formula is C27H21N3O4S. The molecule has 0 unspecified atom stereocenters. The Bertz CT molecular complexity index is 1630. The topological polar surface area (TPSA) is 82.8 Å². The van der Waals surface area contributed by atoms with Crippen molar-refractivity contribution in [2.75, 3.05) is 7.11 Å². The van der Waals surface area contributed by atoms with Gasteiger partial charge in [0.15, 0.2) is 0 Å². The number of methoxy groups -OCH3 is 1. The summed E-state index contributed by atoms with van der Waals surface area (Å²) in [5.74, 6) is 1.46. The monoisotopic (exact) mass is 483 g/mol. The molecule has 0 atom stereocenters. The highest BCUT2D eigenvalue weighted by molar-refractivity contribution is 7.15. The van der Waals surface area contributed by atoms with E-state index >= 15 is 0 Å². The second-order valence-electron chi connectivity index (χ2n) is 7.84. The van der Waals surface area contributed by atoms with Crippen molar-refractivity contribution < 1.29 is 9.47 Å². The molecule has 5 rings (SSSR count). The number of benzene rings is 3. The summed E-state index contributed by atoms with van der Waals surface area (Å²) >= 11 is 1.14. The molecule has 0 aliphatic rings. The van der Waals surface area contributed by atoms with Crippen LogP contribution in [0.4, 0.5) is 0 Å². The van der Waals surface area contributed by atoms with E-state index in [1.807, 2.05) is 78.9 Å². The number of ether oxygens (including phenoxy) is 2. The smallest absolute Gasteiger partial charge is 0.296 e. The van der Waals surface area contributed by atoms with Crippen molar-refractivity contribution in [3.63, 3.8) is 0 Å². The molecule has 0 radical (unpaired) electrons. The molecule has 2 heterocycles. The normalized spacial score (nSPS) is 11.6. The Labute approximate surface area is 204 Å². The molecule has 0 bridgehead atoms. The number of rotatable bonds is 7. The maximum absolute atomic E-state index is 13.0. The Morgan fingerprint density at radius 1 is 0.886 bits per heavy atom. The highest BCUT2D eigenvalue weighted by atomic mass is 32.1. The van der Waals surface area contributed by atoms with Gasteiger partial charge in [-0.05, 0) is 47.0 Å². The number of nitrogens with zero attached hydrogens (tertiary/aromatic N) is 3. The lowest BCUT2D eigenvalue weighted by Crippen LogP contribution is -2.28. The Morgan fingerprint density at radius 3 is 2.31 bits per heavy atom. The van der Waals surface area contributed by atoms with Gasteiger partial charge in [-0.1, -0.05) is 65.9 Å². The molecule has 0 N–H and O–H groups in total. The van der Waals surface area contributed by atoms with Crippen LogP contribution < -0.4 is 25.1 Å². The fourth-order valence-electron chi connectivity index (χ4n) is 3.54. The fourth-order valence-corrected chi connectivity index (χ4v) is 4.45. The summed E-state index contributed by atoms with van der Waals surface area (Å²) in [5, 5.41) is 4.31. The van der Waals surface area contributed by atoms with Crippen LogP contribution in [-0.2, 0) is 13.0 Å². The van der Waals surface area contributed by atoms with Gasteiger partial charge in [-0.25, -0.2) is 0 Å². The molecule has 0 saturated carbocycles. The van der Waals surface area contributed by atoms with Crippen LogP contribution in [0.1, 0.15) is 22.4 Å². The van der Waals surface area contributed by atoms with E-state index in [0.717, 1.165) is 39.5 Å². The number of hydrogen-bond acceptors (Lipinski definition) is 7. The van der Waals surface area contributed by atoms with Gasteiger partial charge in [-0.2, -0.15) is 14.6 Å². The lowest BCUT2D eigenvalue weighted by Gasteiger charge is -2.06. The molecule has 0 aliphatic heterocycles. The van der Waals surface area contributed by atoms with Crippen LogP contribution in [0.2, 0.25) is 0 Å². The van der Waals surface area contributed by atoms with Crippen molar-refractivity contribution in [1.82, 2.24) is 14.6 Å². The van der Waals surface area contributed by atoms with E-state index in [1.165, 1.54) is 4.52 Å². The van der Waals surface area contributed by atoms with Gasteiger partial charge in [-0.3, -0.25) is 9.59 Å². The van der Waals surface area contributed by atoms with Crippen LogP contribution in [0.15, 0.2) is 88.5 Å². The lowest BCUT2D eigenvalue weighted by molar-refractivity contribution is 0.306. The average molecular weight is 484 g/mol. The van der Waals surface area contributed by atoms with E-state index in [2.05, 4.69) is 10.1 Å². The summed E-state index contributed by atoms with van der Waals surface area (Å²) in [6.45, 7) is 0.481. The average Bonchev–Trinajstić information content (AvgIpc) is 3.18. The van der Waals surface area contributed by atoms with Crippen LogP contribution in [0.25, 0.3) is 11.0 Å². The van der Waals surface area contributed by atoms with Gasteiger partial charge >= 0.3 is 0 Å². The SMILES string of the molecule is COc1ccc(Cc2nn3c(=O)/c(=C/c4ccc(OCc5ccccc5)cc4)sc3nc2=O)cc1. The second kappa shape index (κ2) is 9.90. The third-order valence-electron chi connectivity index (χ3n) is 5.41. The number of aromatic nitrogens is 3. The number of thiazole rings is 1. The van der Waals surface area contributed by atoms with Crippen molar-refractivity contribution in [3.8, 4) is 11.5 Å². The van der Waals surface area contributed by atoms with Crippen molar-refractivity contribution >= 4 is 22.4 Å². The van der Waals surface area contributed by atoms with Crippen molar-refractivity contribution in [1.29, 1.82) is 0 Å². The summed E-state index contributed by atoms with van der Waals surface area (Å²) in [4.78, 5) is 29.8. The van der Waals surface area contributed by atoms with Gasteiger partial charge in [0.05, 0.1) is 11.6 Å². The zero-order chi connectivity index (χ0) is 24.2. The minimum atomic E-state index is -0.437. The predicted molar refractivity (Wildman–Crippen MR) is 135 cm³/mol. The molecule has 8 heteroatoms. The van der Waals surface area contributed by atoms with Crippen LogP contribution in [0, 0.1) is 0 Å². The standard InChI is InChI=1S/C27H21N3O4S/c1-33-21-11-7-18(8-12-21)15-23-25(31)28-27-30(29-23)26(32)24(35-27)16-19-9-13-22(14-10-19)34-17-20-5-3-2-4-6-20/h2-14,16H,15,17H2,1H3/b24-16-. The van der Waals surface area contributed by atoms with Gasteiger partial charge in [-0.15, -0.1) is 0 Å². The van der Waals surface area contributed by atoms with E-state index in [9.17, 15) is 9.59 Å². The summed E-state index contributed by atoms with van der Waals surface area (Å²) in [7, 11) is 1.59. The van der Waals surface area contributed by atoms with Gasteiger partial charge in [0.1, 0.15) is 23.8 Å². The third-order valence-corrected chi connectivity index (χ3v) is 6.37. The first kappa shape index (κ1) is 22.5. The predicted octanol–water partition coefficient (Wildman–Crippen LogP) is 3.24. The summed E-state index contributed by atoms with van der Waals surface area (Å²) in [6, 6.07) is 24.7. The molecule has 3 aromatic carbocycles. The maximum Gasteiger partial charge on any atom is 0.296 e. The Hall–Kier alpha value is -4.30. The summed E-state index contributed by atoms with van der Waals surface area (Å²) in [6.07, 6.45) is 2.04. The van der Waals surface area contributed by atoms with E-state index in [-0.39, 0.29) is 22.6 Å². The van der Waals surface area contributed by atoms with Crippen LogP contribution in [0.3, 0.4) is 0 Å². The van der Waals surface area contributed by atoms with E-state index in [4.69, 9.17) is 9.47 Å². The maximum atomic E-state index is 13.0. The Morgan fingerprint density at radius 2 is 1.60 bits per heavy atom. The molecule has 0 amide bonds. The van der Waals surface area contributed by atoms with E-state index in [1.54, 1.807) is 13.2 Å². The van der Waals surface area contributed by atoms with E-state index < -0.39 is 5.56 Å². The Balaban J connectivity index is 1.38. The lowest BCUT2D eigenvalue weighted by atomic mass is 10.1. The molecule has 0 saturated heterocycles. The number of fused-ring (bicyclic) bond motifs is 1. The number of hydrogen-bond donors (Lipinski definition) is 0. The van der Waals surface area contributed by atoms with Crippen molar-refractivity contribution in [2.45, 2.75) is 13.0 Å². The van der Waals surface area contributed by atoms with Crippen molar-refractivity contribution in [2.24, 2.45) is 0 Å². The first-order valence-electron chi connectivity index (χ1n) is 10.9. The quantitative estimate of drug-likeness (QED) is 0.354. The largest absolute Gasteiger partial charge is 0.497 e. The molecule has 7 nitrogen and oxygen atoms in total. The van der Waals surface area contributed by atoms with Crippen LogP contribution in [-0.4, -0.2) is 21.7 Å². The van der Waals surface area contributed by atoms with Gasteiger partial charge < -0.3 is 9.47 Å². The Kier molecular flexibility index (Phi) is 6.36. The van der Waals surface area contributed by atoms with Crippen LogP contribution in [0.5, 0.6) is 11.5 Å². The first-order valence-corrected chi connectivity index (χ1v) is 11.7. The minimum Gasteiger partial charge on any atom is -0.497 e. The zero-order valence-electron chi connectivity index (χ0n) is 18.9. The molecule has 0 fully saturated rings. The third kappa shape index (κ3) is 5.12. The fraction of sp³-hybridized carbons (Fsp3) is 0.111. The molecule has 35 heavy (non-hydrogen) atoms. The van der Waals surface area contributed by atoms with Gasteiger partial charge in [0.2, 0.25) is 4.96 Å². The van der Waals surface area contributed by atoms with Gasteiger partial charge in [0.25, 0.3) is 11.1 Å². The zero-order valence-corrected chi connectivity index (χ0v) is 19.7. The highest BCUT2D eigenvalue weighted by Crippen LogP contribution is 2.15. The molecule has 174 valence electrons. The molecular weight excluding hydrogens is 462 g/mol. The highest BCUT2D eigenvalue weighted by Gasteiger charge is 2.12.